The predicted octanol–water partition coefficient (Wildman–Crippen LogP) is 3.62. The number of imide groups is 1. The molecule has 2 heterocycles. The molecule has 3 fully saturated rings. The predicted molar refractivity (Wildman–Crippen MR) is 187 cm³/mol. The van der Waals surface area contributed by atoms with E-state index in [0.29, 0.717) is 12.3 Å². The van der Waals surface area contributed by atoms with Gasteiger partial charge in [-0.05, 0) is 51.0 Å². The molecule has 2 saturated heterocycles. The Labute approximate surface area is 306 Å². The molecule has 0 bridgehead atoms. The van der Waals surface area contributed by atoms with E-state index in [0.717, 1.165) is 30.6 Å². The van der Waals surface area contributed by atoms with Gasteiger partial charge in [0.25, 0.3) is 5.91 Å². The van der Waals surface area contributed by atoms with Crippen molar-refractivity contribution in [3.63, 3.8) is 0 Å². The van der Waals surface area contributed by atoms with Crippen molar-refractivity contribution in [3.8, 4) is 11.5 Å². The first kappa shape index (κ1) is 36.6. The van der Waals surface area contributed by atoms with Crippen molar-refractivity contribution in [2.45, 2.75) is 106 Å². The van der Waals surface area contributed by atoms with Crippen LogP contribution in [0.2, 0.25) is 0 Å². The minimum Gasteiger partial charge on any atom is -0.507 e. The maximum absolute atomic E-state index is 14.0. The summed E-state index contributed by atoms with van der Waals surface area (Å²) in [4.78, 5) is 68.9. The smallest absolute Gasteiger partial charge is 0.252 e. The molecule has 52 heavy (non-hydrogen) atoms. The second kappa shape index (κ2) is 13.6. The number of likely N-dealkylation sites (tertiary alicyclic amines) is 1. The number of allylic oxidation sites excluding steroid dienone is 4. The van der Waals surface area contributed by atoms with E-state index >= 15 is 0 Å². The highest BCUT2D eigenvalue weighted by molar-refractivity contribution is 8.02. The number of methoxy groups -OCH3 is 1. The zero-order valence-corrected chi connectivity index (χ0v) is 30.6. The molecular formula is C38H46N2O11S. The van der Waals surface area contributed by atoms with Crippen molar-refractivity contribution in [1.29, 1.82) is 0 Å². The van der Waals surface area contributed by atoms with Crippen molar-refractivity contribution in [2.75, 3.05) is 20.2 Å². The number of ketones is 2. The second-order valence-electron chi connectivity index (χ2n) is 15.4. The number of ether oxygens (including phenoxy) is 3. The van der Waals surface area contributed by atoms with E-state index in [-0.39, 0.29) is 71.0 Å². The zero-order valence-electron chi connectivity index (χ0n) is 29.8. The Kier molecular flexibility index (Phi) is 9.58. The quantitative estimate of drug-likeness (QED) is 0.202. The van der Waals surface area contributed by atoms with Gasteiger partial charge in [-0.2, -0.15) is 0 Å². The number of aromatic hydroxyl groups is 2. The van der Waals surface area contributed by atoms with E-state index in [1.807, 2.05) is 6.92 Å². The van der Waals surface area contributed by atoms with Gasteiger partial charge in [-0.1, -0.05) is 26.0 Å². The number of nitrogens with one attached hydrogen (secondary N) is 1. The van der Waals surface area contributed by atoms with Gasteiger partial charge in [0.2, 0.25) is 11.8 Å². The van der Waals surface area contributed by atoms with Crippen molar-refractivity contribution in [2.24, 2.45) is 17.8 Å². The molecule has 7 rings (SSSR count). The third kappa shape index (κ3) is 6.35. The molecule has 3 unspecified atom stereocenters. The molecule has 2 aliphatic heterocycles. The molecule has 0 radical (unpaired) electrons. The third-order valence-corrected chi connectivity index (χ3v) is 13.1. The number of hydrogen-bond acceptors (Lipinski definition) is 12. The van der Waals surface area contributed by atoms with Crippen LogP contribution in [0, 0.1) is 17.8 Å². The Balaban J connectivity index is 1.15. The van der Waals surface area contributed by atoms with Crippen molar-refractivity contribution < 1.29 is 53.5 Å². The first-order valence-corrected chi connectivity index (χ1v) is 19.0. The van der Waals surface area contributed by atoms with Gasteiger partial charge in [-0.15, -0.1) is 11.8 Å². The van der Waals surface area contributed by atoms with Crippen LogP contribution in [0.4, 0.5) is 0 Å². The Morgan fingerprint density at radius 3 is 2.52 bits per heavy atom. The molecule has 7 atom stereocenters. The molecule has 4 N–H and O–H groups in total. The van der Waals surface area contributed by atoms with Crippen molar-refractivity contribution in [3.05, 3.63) is 46.2 Å². The maximum atomic E-state index is 14.0. The summed E-state index contributed by atoms with van der Waals surface area (Å²) < 4.78 is 17.6. The van der Waals surface area contributed by atoms with E-state index in [4.69, 9.17) is 14.2 Å². The van der Waals surface area contributed by atoms with E-state index in [2.05, 4.69) is 19.2 Å². The van der Waals surface area contributed by atoms with Crippen LogP contribution in [-0.2, 0) is 35.0 Å². The van der Waals surface area contributed by atoms with Gasteiger partial charge in [0.05, 0.1) is 47.5 Å². The maximum Gasteiger partial charge on any atom is 0.252 e. The number of rotatable bonds is 10. The van der Waals surface area contributed by atoms with E-state index in [1.165, 1.54) is 24.9 Å². The molecule has 14 heteroatoms. The summed E-state index contributed by atoms with van der Waals surface area (Å²) in [7, 11) is 1.38. The fraction of sp³-hybridized carbons (Fsp3) is 0.605. The standard InChI is InChI=1S/C38H46N2O11S/c1-18-7-5-10-26(50-18)51-23-17-38(48,36(47)39-13-14-40-25(41)15-24(35(40)46)52-37(2,3)19-11-12-19)16-21-28(23)34(45)30-29(32(21)43)31(42)20-8-6-9-22(49-4)27(20)33(30)44/h6,8-9,18-20,23-24,26-27,43,45,48H,5,7,10-17H2,1-4H3,(H,39,47)/t18-,20?,23-,24?,26-,27?,38-/m0/s1. The average molecular weight is 739 g/mol. The molecule has 0 spiro atoms. The first-order valence-electron chi connectivity index (χ1n) is 18.1. The fourth-order valence-corrected chi connectivity index (χ4v) is 10.1. The van der Waals surface area contributed by atoms with E-state index < -0.39 is 76.0 Å². The third-order valence-electron chi connectivity index (χ3n) is 11.5. The number of amides is 3. The van der Waals surface area contributed by atoms with Crippen LogP contribution >= 0.6 is 11.8 Å². The number of phenolic OH excluding ortho intramolecular Hbond substituents is 2. The monoisotopic (exact) mass is 738 g/mol. The molecule has 3 amide bonds. The summed E-state index contributed by atoms with van der Waals surface area (Å²) in [5.41, 5.74) is -3.07. The van der Waals surface area contributed by atoms with Gasteiger partial charge in [-0.25, -0.2) is 0 Å². The lowest BCUT2D eigenvalue weighted by atomic mass is 9.67. The summed E-state index contributed by atoms with van der Waals surface area (Å²) in [5.74, 6) is -5.17. The van der Waals surface area contributed by atoms with E-state index in [1.54, 1.807) is 12.2 Å². The fourth-order valence-electron chi connectivity index (χ4n) is 8.49. The molecule has 1 aromatic rings. The second-order valence-corrected chi connectivity index (χ2v) is 17.3. The Bertz CT molecular complexity index is 1780. The van der Waals surface area contributed by atoms with Crippen LogP contribution in [0.25, 0.3) is 0 Å². The number of Topliss-reactive ketones (excluding diaryl/α,β-unsaturated/α-hetero) is 2. The normalized spacial score (nSPS) is 31.6. The Morgan fingerprint density at radius 2 is 1.83 bits per heavy atom. The zero-order chi connectivity index (χ0) is 37.3. The lowest BCUT2D eigenvalue weighted by molar-refractivity contribution is -0.223. The first-order chi connectivity index (χ1) is 24.6. The highest BCUT2D eigenvalue weighted by Gasteiger charge is 2.53. The molecule has 0 aromatic heterocycles. The molecular weight excluding hydrogens is 692 g/mol. The molecule has 1 saturated carbocycles. The highest BCUT2D eigenvalue weighted by Crippen LogP contribution is 2.54. The van der Waals surface area contributed by atoms with Crippen LogP contribution in [0.15, 0.2) is 24.0 Å². The van der Waals surface area contributed by atoms with Gasteiger partial charge >= 0.3 is 0 Å². The molecule has 13 nitrogen and oxygen atoms in total. The minimum atomic E-state index is -2.22. The van der Waals surface area contributed by atoms with Crippen molar-refractivity contribution >= 4 is 41.0 Å². The Morgan fingerprint density at radius 1 is 1.10 bits per heavy atom. The number of phenols is 2. The van der Waals surface area contributed by atoms with Gasteiger partial charge < -0.3 is 34.8 Å². The van der Waals surface area contributed by atoms with Gasteiger partial charge in [0, 0.05) is 48.2 Å². The SMILES string of the molecule is COC1=CC=CC2C(=O)c3c(O)c4c(c(O)c3C(=O)C12)[C@@H](O[C@H]1CCC[C@H](C)O1)C[C@](O)(C(=O)NCCN1C(=O)CC(SC(C)(C)C2CC2)C1=O)C4. The molecule has 4 aliphatic carbocycles. The summed E-state index contributed by atoms with van der Waals surface area (Å²) in [6.07, 6.45) is 6.00. The number of hydrogen-bond donors (Lipinski definition) is 4. The van der Waals surface area contributed by atoms with Crippen LogP contribution in [0.5, 0.6) is 11.5 Å². The van der Waals surface area contributed by atoms with Gasteiger partial charge in [0.1, 0.15) is 22.9 Å². The van der Waals surface area contributed by atoms with Crippen LogP contribution < -0.4 is 5.32 Å². The number of carbonyl (C=O) groups excluding carboxylic acids is 5. The minimum absolute atomic E-state index is 0.00428. The number of thioether (sulfide) groups is 1. The largest absolute Gasteiger partial charge is 0.507 e. The number of nitrogens with zero attached hydrogens (tertiary/aromatic N) is 1. The average Bonchev–Trinajstić information content (AvgIpc) is 3.93. The molecule has 280 valence electrons. The summed E-state index contributed by atoms with van der Waals surface area (Å²) in [5, 5.41) is 37.7. The van der Waals surface area contributed by atoms with Crippen LogP contribution in [0.1, 0.15) is 104 Å². The van der Waals surface area contributed by atoms with Gasteiger partial charge in [0.15, 0.2) is 17.9 Å². The van der Waals surface area contributed by atoms with E-state index in [9.17, 15) is 39.3 Å². The number of benzene rings is 1. The summed E-state index contributed by atoms with van der Waals surface area (Å²) in [6.45, 7) is 5.85. The number of fused-ring (bicyclic) bond motifs is 3. The number of aliphatic hydroxyl groups is 1. The van der Waals surface area contributed by atoms with Crippen LogP contribution in [0.3, 0.4) is 0 Å². The lowest BCUT2D eigenvalue weighted by Gasteiger charge is -2.41. The Hall–Kier alpha value is -3.72. The topological polar surface area (TPSA) is 189 Å². The highest BCUT2D eigenvalue weighted by atomic mass is 32.2. The molecule has 1 aromatic carbocycles. The van der Waals surface area contributed by atoms with Crippen molar-refractivity contribution in [1.82, 2.24) is 10.2 Å². The molecule has 6 aliphatic rings. The summed E-state index contributed by atoms with van der Waals surface area (Å²) >= 11 is 1.52. The number of carbonyl (C=O) groups is 5. The lowest BCUT2D eigenvalue weighted by Crippen LogP contribution is -2.53. The van der Waals surface area contributed by atoms with Crippen LogP contribution in [-0.4, -0.2) is 97.7 Å². The summed E-state index contributed by atoms with van der Waals surface area (Å²) in [6, 6.07) is 0. The van der Waals surface area contributed by atoms with Gasteiger partial charge in [-0.3, -0.25) is 28.9 Å².